The van der Waals surface area contributed by atoms with Gasteiger partial charge in [0.2, 0.25) is 5.91 Å². The number of carbonyl (C=O) groups excluding carboxylic acids is 2. The van der Waals surface area contributed by atoms with Gasteiger partial charge in [0.1, 0.15) is 0 Å². The average molecular weight is 257 g/mol. The number of carbonyl (C=O) groups is 2. The summed E-state index contributed by atoms with van der Waals surface area (Å²) in [5.74, 6) is -0.174. The van der Waals surface area contributed by atoms with Crippen molar-refractivity contribution < 1.29 is 19.1 Å². The van der Waals surface area contributed by atoms with Crippen LogP contribution in [0.3, 0.4) is 0 Å². The van der Waals surface area contributed by atoms with Gasteiger partial charge in [-0.3, -0.25) is 9.59 Å². The zero-order chi connectivity index (χ0) is 13.8. The molecule has 1 amide bonds. The monoisotopic (exact) mass is 257 g/mol. The van der Waals surface area contributed by atoms with Crippen molar-refractivity contribution in [1.29, 1.82) is 0 Å². The van der Waals surface area contributed by atoms with E-state index in [0.717, 1.165) is 6.42 Å². The van der Waals surface area contributed by atoms with Crippen molar-refractivity contribution in [3.63, 3.8) is 0 Å². The van der Waals surface area contributed by atoms with Gasteiger partial charge < -0.3 is 14.4 Å². The van der Waals surface area contributed by atoms with Crippen molar-refractivity contribution in [3.8, 4) is 0 Å². The van der Waals surface area contributed by atoms with Crippen molar-refractivity contribution >= 4 is 11.9 Å². The summed E-state index contributed by atoms with van der Waals surface area (Å²) in [4.78, 5) is 25.3. The van der Waals surface area contributed by atoms with E-state index in [2.05, 4.69) is 4.74 Å². The molecule has 104 valence electrons. The van der Waals surface area contributed by atoms with E-state index >= 15 is 0 Å². The summed E-state index contributed by atoms with van der Waals surface area (Å²) in [5, 5.41) is 0. The van der Waals surface area contributed by atoms with Crippen LogP contribution >= 0.6 is 0 Å². The highest BCUT2D eigenvalue weighted by Crippen LogP contribution is 2.24. The Hall–Kier alpha value is -1.10. The Morgan fingerprint density at radius 1 is 1.44 bits per heavy atom. The first-order valence-corrected chi connectivity index (χ1v) is 6.38. The number of nitrogens with zero attached hydrogens (tertiary/aromatic N) is 1. The van der Waals surface area contributed by atoms with Gasteiger partial charge >= 0.3 is 5.97 Å². The SMILES string of the molecule is CCC(C)(C)C(=O)N1CCOC(CC(=O)OC)C1. The van der Waals surface area contributed by atoms with Crippen molar-refractivity contribution in [2.24, 2.45) is 5.41 Å². The van der Waals surface area contributed by atoms with E-state index in [0.29, 0.717) is 19.7 Å². The third-order valence-electron chi connectivity index (χ3n) is 3.51. The van der Waals surface area contributed by atoms with Crippen LogP contribution in [0.15, 0.2) is 0 Å². The summed E-state index contributed by atoms with van der Waals surface area (Å²) in [6, 6.07) is 0. The second-order valence-corrected chi connectivity index (χ2v) is 5.26. The van der Waals surface area contributed by atoms with Crippen molar-refractivity contribution in [1.82, 2.24) is 4.90 Å². The van der Waals surface area contributed by atoms with Crippen LogP contribution in [0.25, 0.3) is 0 Å². The molecule has 0 N–H and O–H groups in total. The fourth-order valence-electron chi connectivity index (χ4n) is 1.88. The van der Waals surface area contributed by atoms with Crippen LogP contribution in [0.5, 0.6) is 0 Å². The molecular formula is C13H23NO4. The minimum Gasteiger partial charge on any atom is -0.469 e. The normalized spacial score (nSPS) is 20.7. The topological polar surface area (TPSA) is 55.8 Å². The fourth-order valence-corrected chi connectivity index (χ4v) is 1.88. The van der Waals surface area contributed by atoms with E-state index in [1.54, 1.807) is 4.90 Å². The lowest BCUT2D eigenvalue weighted by atomic mass is 9.88. The fraction of sp³-hybridized carbons (Fsp3) is 0.846. The number of morpholine rings is 1. The van der Waals surface area contributed by atoms with Gasteiger partial charge in [0.15, 0.2) is 0 Å². The summed E-state index contributed by atoms with van der Waals surface area (Å²) in [7, 11) is 1.36. The lowest BCUT2D eigenvalue weighted by molar-refractivity contribution is -0.154. The summed E-state index contributed by atoms with van der Waals surface area (Å²) in [6.45, 7) is 7.44. The van der Waals surface area contributed by atoms with Crippen LogP contribution < -0.4 is 0 Å². The van der Waals surface area contributed by atoms with E-state index in [1.807, 2.05) is 20.8 Å². The maximum Gasteiger partial charge on any atom is 0.308 e. The molecule has 1 rings (SSSR count). The van der Waals surface area contributed by atoms with Gasteiger partial charge in [0.25, 0.3) is 0 Å². The predicted octanol–water partition coefficient (Wildman–Crippen LogP) is 1.21. The van der Waals surface area contributed by atoms with Crippen molar-refractivity contribution in [2.45, 2.75) is 39.7 Å². The lowest BCUT2D eigenvalue weighted by Crippen LogP contribution is -2.50. The number of ether oxygens (including phenoxy) is 2. The van der Waals surface area contributed by atoms with Crippen LogP contribution in [0.4, 0.5) is 0 Å². The zero-order valence-corrected chi connectivity index (χ0v) is 11.7. The van der Waals surface area contributed by atoms with Crippen molar-refractivity contribution in [3.05, 3.63) is 0 Å². The molecular weight excluding hydrogens is 234 g/mol. The molecule has 18 heavy (non-hydrogen) atoms. The Labute approximate surface area is 108 Å². The molecule has 0 aromatic carbocycles. The maximum atomic E-state index is 12.3. The van der Waals surface area contributed by atoms with Crippen LogP contribution in [-0.4, -0.2) is 49.7 Å². The van der Waals surface area contributed by atoms with Gasteiger partial charge in [0.05, 0.1) is 26.2 Å². The molecule has 0 aliphatic carbocycles. The number of methoxy groups -OCH3 is 1. The van der Waals surface area contributed by atoms with Crippen LogP contribution in [0.2, 0.25) is 0 Å². The molecule has 0 bridgehead atoms. The van der Waals surface area contributed by atoms with Gasteiger partial charge in [-0.05, 0) is 6.42 Å². The second-order valence-electron chi connectivity index (χ2n) is 5.26. The molecule has 1 aliphatic rings. The molecule has 1 heterocycles. The van der Waals surface area contributed by atoms with Gasteiger partial charge in [0, 0.05) is 18.5 Å². The van der Waals surface area contributed by atoms with E-state index in [9.17, 15) is 9.59 Å². The van der Waals surface area contributed by atoms with Gasteiger partial charge in [-0.15, -0.1) is 0 Å². The van der Waals surface area contributed by atoms with Crippen LogP contribution in [-0.2, 0) is 19.1 Å². The number of hydrogen-bond acceptors (Lipinski definition) is 4. The van der Waals surface area contributed by atoms with E-state index in [1.165, 1.54) is 7.11 Å². The molecule has 0 radical (unpaired) electrons. The summed E-state index contributed by atoms with van der Waals surface area (Å²) in [5.41, 5.74) is -0.354. The molecule has 1 saturated heterocycles. The van der Waals surface area contributed by atoms with Gasteiger partial charge in [-0.1, -0.05) is 20.8 Å². The Morgan fingerprint density at radius 2 is 2.11 bits per heavy atom. The van der Waals surface area contributed by atoms with E-state index < -0.39 is 0 Å². The van der Waals surface area contributed by atoms with Gasteiger partial charge in [-0.2, -0.15) is 0 Å². The third-order valence-corrected chi connectivity index (χ3v) is 3.51. The number of rotatable bonds is 4. The quantitative estimate of drug-likeness (QED) is 0.710. The number of amides is 1. The molecule has 0 aromatic rings. The molecule has 1 atom stereocenters. The first kappa shape index (κ1) is 15.0. The third kappa shape index (κ3) is 3.70. The molecule has 1 fully saturated rings. The predicted molar refractivity (Wildman–Crippen MR) is 67.0 cm³/mol. The maximum absolute atomic E-state index is 12.3. The van der Waals surface area contributed by atoms with Crippen LogP contribution in [0, 0.1) is 5.41 Å². The highest BCUT2D eigenvalue weighted by atomic mass is 16.5. The molecule has 5 heteroatoms. The highest BCUT2D eigenvalue weighted by Gasteiger charge is 2.34. The van der Waals surface area contributed by atoms with E-state index in [4.69, 9.17) is 4.74 Å². The van der Waals surface area contributed by atoms with Gasteiger partial charge in [-0.25, -0.2) is 0 Å². The summed E-state index contributed by atoms with van der Waals surface area (Å²) in [6.07, 6.45) is 0.750. The summed E-state index contributed by atoms with van der Waals surface area (Å²) >= 11 is 0. The molecule has 5 nitrogen and oxygen atoms in total. The summed E-state index contributed by atoms with van der Waals surface area (Å²) < 4.78 is 10.1. The smallest absolute Gasteiger partial charge is 0.308 e. The lowest BCUT2D eigenvalue weighted by Gasteiger charge is -2.37. The minimum atomic E-state index is -0.354. The van der Waals surface area contributed by atoms with Crippen molar-refractivity contribution in [2.75, 3.05) is 26.8 Å². The average Bonchev–Trinajstić information content (AvgIpc) is 2.38. The molecule has 0 aromatic heterocycles. The minimum absolute atomic E-state index is 0.128. The Morgan fingerprint density at radius 3 is 2.67 bits per heavy atom. The Bertz CT molecular complexity index is 314. The zero-order valence-electron chi connectivity index (χ0n) is 11.7. The van der Waals surface area contributed by atoms with E-state index in [-0.39, 0.29) is 29.8 Å². The Balaban J connectivity index is 2.58. The number of hydrogen-bond donors (Lipinski definition) is 0. The van der Waals surface area contributed by atoms with Crippen LogP contribution in [0.1, 0.15) is 33.6 Å². The second kappa shape index (κ2) is 6.18. The highest BCUT2D eigenvalue weighted by molar-refractivity contribution is 5.82. The largest absolute Gasteiger partial charge is 0.469 e. The Kier molecular flexibility index (Phi) is 5.14. The number of esters is 1. The first-order valence-electron chi connectivity index (χ1n) is 6.38. The molecule has 1 unspecified atom stereocenters. The standard InChI is InChI=1S/C13H23NO4/c1-5-13(2,3)12(16)14-6-7-18-10(9-14)8-11(15)17-4/h10H,5-9H2,1-4H3. The molecule has 1 aliphatic heterocycles. The molecule has 0 spiro atoms. The first-order chi connectivity index (χ1) is 8.40. The molecule has 0 saturated carbocycles.